The molecule has 1 rings (SSSR count). The van der Waals surface area contributed by atoms with E-state index in [1.807, 2.05) is 0 Å². The summed E-state index contributed by atoms with van der Waals surface area (Å²) in [7, 11) is 0. The first-order valence-corrected chi connectivity index (χ1v) is 6.59. The van der Waals surface area contributed by atoms with E-state index in [4.69, 9.17) is 5.11 Å². The maximum Gasteiger partial charge on any atom is 0.303 e. The van der Waals surface area contributed by atoms with Gasteiger partial charge in [0.15, 0.2) is 0 Å². The minimum absolute atomic E-state index is 0.302. The number of aliphatic carboxylic acids is 1. The Labute approximate surface area is 98.8 Å². The molecule has 1 N–H and O–H groups in total. The Bertz CT molecular complexity index is 210. The van der Waals surface area contributed by atoms with E-state index < -0.39 is 5.97 Å². The fraction of sp³-hybridized carbons (Fsp3) is 0.923. The van der Waals surface area contributed by atoms with Gasteiger partial charge in [0, 0.05) is 18.5 Å². The Kier molecular flexibility index (Phi) is 5.81. The summed E-state index contributed by atoms with van der Waals surface area (Å²) in [4.78, 5) is 13.0. The van der Waals surface area contributed by atoms with E-state index in [-0.39, 0.29) is 0 Å². The van der Waals surface area contributed by atoms with Crippen LogP contribution in [-0.4, -0.2) is 34.6 Å². The van der Waals surface area contributed by atoms with Gasteiger partial charge in [0.1, 0.15) is 0 Å². The van der Waals surface area contributed by atoms with E-state index in [0.717, 1.165) is 13.0 Å². The minimum atomic E-state index is -0.674. The minimum Gasteiger partial charge on any atom is -0.481 e. The summed E-state index contributed by atoms with van der Waals surface area (Å²) in [5.41, 5.74) is 0. The molecule has 94 valence electrons. The Morgan fingerprint density at radius 1 is 1.31 bits per heavy atom. The van der Waals surface area contributed by atoms with Crippen molar-refractivity contribution in [3.05, 3.63) is 0 Å². The van der Waals surface area contributed by atoms with Crippen LogP contribution in [0.25, 0.3) is 0 Å². The molecule has 1 fully saturated rings. The summed E-state index contributed by atoms with van der Waals surface area (Å²) in [5, 5.41) is 8.66. The van der Waals surface area contributed by atoms with Gasteiger partial charge in [0.2, 0.25) is 0 Å². The molecule has 0 aromatic rings. The van der Waals surface area contributed by atoms with Crippen molar-refractivity contribution in [2.24, 2.45) is 0 Å². The third-order valence-corrected chi connectivity index (χ3v) is 3.51. The fourth-order valence-electron chi connectivity index (χ4n) is 2.69. The van der Waals surface area contributed by atoms with E-state index >= 15 is 0 Å². The SMILES string of the molecule is CC(C)N(CCCC(=O)O)C1CCCCC1. The summed E-state index contributed by atoms with van der Waals surface area (Å²) in [6.45, 7) is 5.37. The summed E-state index contributed by atoms with van der Waals surface area (Å²) >= 11 is 0. The molecule has 0 aromatic carbocycles. The molecule has 0 aromatic heterocycles. The number of carboxylic acid groups (broad SMARTS) is 1. The standard InChI is InChI=1S/C13H25NO2/c1-11(2)14(10-6-9-13(15)16)12-7-4-3-5-8-12/h11-12H,3-10H2,1-2H3,(H,15,16). The normalized spacial score (nSPS) is 18.2. The topological polar surface area (TPSA) is 40.5 Å². The zero-order valence-electron chi connectivity index (χ0n) is 10.6. The highest BCUT2D eigenvalue weighted by molar-refractivity contribution is 5.66. The maximum atomic E-state index is 10.5. The molecular formula is C13H25NO2. The van der Waals surface area contributed by atoms with Crippen molar-refractivity contribution in [1.82, 2.24) is 4.90 Å². The van der Waals surface area contributed by atoms with Gasteiger partial charge in [-0.2, -0.15) is 0 Å². The van der Waals surface area contributed by atoms with Gasteiger partial charge in [-0.05, 0) is 39.7 Å². The second-order valence-electron chi connectivity index (χ2n) is 5.12. The molecule has 16 heavy (non-hydrogen) atoms. The number of nitrogens with zero attached hydrogens (tertiary/aromatic N) is 1. The van der Waals surface area contributed by atoms with Gasteiger partial charge in [-0.25, -0.2) is 0 Å². The van der Waals surface area contributed by atoms with Crippen LogP contribution >= 0.6 is 0 Å². The second kappa shape index (κ2) is 6.89. The van der Waals surface area contributed by atoms with Crippen molar-refractivity contribution in [2.75, 3.05) is 6.54 Å². The van der Waals surface area contributed by atoms with Gasteiger partial charge in [-0.3, -0.25) is 9.69 Å². The molecule has 3 heteroatoms. The summed E-state index contributed by atoms with van der Waals surface area (Å²) in [6, 6.07) is 1.24. The number of hydrogen-bond donors (Lipinski definition) is 1. The monoisotopic (exact) mass is 227 g/mol. The Balaban J connectivity index is 2.36. The van der Waals surface area contributed by atoms with Crippen molar-refractivity contribution in [1.29, 1.82) is 0 Å². The number of carboxylic acids is 1. The third kappa shape index (κ3) is 4.52. The molecule has 3 nitrogen and oxygen atoms in total. The van der Waals surface area contributed by atoms with Gasteiger partial charge in [0.05, 0.1) is 0 Å². The van der Waals surface area contributed by atoms with Crippen LogP contribution < -0.4 is 0 Å². The summed E-state index contributed by atoms with van der Waals surface area (Å²) in [6.07, 6.45) is 7.73. The molecule has 0 radical (unpaired) electrons. The largest absolute Gasteiger partial charge is 0.481 e. The van der Waals surface area contributed by atoms with Crippen molar-refractivity contribution in [3.8, 4) is 0 Å². The van der Waals surface area contributed by atoms with Crippen molar-refractivity contribution >= 4 is 5.97 Å². The molecule has 0 saturated heterocycles. The van der Waals surface area contributed by atoms with E-state index in [0.29, 0.717) is 18.5 Å². The van der Waals surface area contributed by atoms with E-state index in [9.17, 15) is 4.79 Å². The lowest BCUT2D eigenvalue weighted by Crippen LogP contribution is -2.42. The summed E-state index contributed by atoms with van der Waals surface area (Å²) in [5.74, 6) is -0.674. The van der Waals surface area contributed by atoms with Crippen LogP contribution in [0.15, 0.2) is 0 Å². The van der Waals surface area contributed by atoms with Gasteiger partial charge in [0.25, 0.3) is 0 Å². The lowest BCUT2D eigenvalue weighted by Gasteiger charge is -2.37. The quantitative estimate of drug-likeness (QED) is 0.758. The first-order chi connectivity index (χ1) is 7.61. The highest BCUT2D eigenvalue weighted by atomic mass is 16.4. The zero-order chi connectivity index (χ0) is 12.0. The summed E-state index contributed by atoms with van der Waals surface area (Å²) < 4.78 is 0. The Morgan fingerprint density at radius 2 is 1.94 bits per heavy atom. The van der Waals surface area contributed by atoms with Crippen molar-refractivity contribution < 1.29 is 9.90 Å². The highest BCUT2D eigenvalue weighted by Gasteiger charge is 2.22. The molecule has 0 unspecified atom stereocenters. The van der Waals surface area contributed by atoms with Crippen LogP contribution in [0.3, 0.4) is 0 Å². The predicted octanol–water partition coefficient (Wildman–Crippen LogP) is 2.89. The number of rotatable bonds is 6. The molecule has 0 atom stereocenters. The predicted molar refractivity (Wildman–Crippen MR) is 65.6 cm³/mol. The first-order valence-electron chi connectivity index (χ1n) is 6.59. The van der Waals surface area contributed by atoms with Crippen LogP contribution in [0.2, 0.25) is 0 Å². The average molecular weight is 227 g/mol. The maximum absolute atomic E-state index is 10.5. The van der Waals surface area contributed by atoms with Crippen LogP contribution in [0.5, 0.6) is 0 Å². The molecular weight excluding hydrogens is 202 g/mol. The lowest BCUT2D eigenvalue weighted by atomic mass is 9.93. The van der Waals surface area contributed by atoms with E-state index in [1.165, 1.54) is 32.1 Å². The van der Waals surface area contributed by atoms with Crippen LogP contribution in [0.4, 0.5) is 0 Å². The van der Waals surface area contributed by atoms with Crippen LogP contribution in [-0.2, 0) is 4.79 Å². The molecule has 0 spiro atoms. The molecule has 1 saturated carbocycles. The molecule has 1 aliphatic carbocycles. The fourth-order valence-corrected chi connectivity index (χ4v) is 2.69. The van der Waals surface area contributed by atoms with Crippen molar-refractivity contribution in [2.45, 2.75) is 70.9 Å². The van der Waals surface area contributed by atoms with E-state index in [1.54, 1.807) is 0 Å². The highest BCUT2D eigenvalue weighted by Crippen LogP contribution is 2.24. The number of hydrogen-bond acceptors (Lipinski definition) is 2. The smallest absolute Gasteiger partial charge is 0.303 e. The van der Waals surface area contributed by atoms with Gasteiger partial charge < -0.3 is 5.11 Å². The lowest BCUT2D eigenvalue weighted by molar-refractivity contribution is -0.137. The van der Waals surface area contributed by atoms with Gasteiger partial charge in [-0.15, -0.1) is 0 Å². The van der Waals surface area contributed by atoms with Gasteiger partial charge in [-0.1, -0.05) is 19.3 Å². The Morgan fingerprint density at radius 3 is 2.44 bits per heavy atom. The second-order valence-corrected chi connectivity index (χ2v) is 5.12. The van der Waals surface area contributed by atoms with Gasteiger partial charge >= 0.3 is 5.97 Å². The van der Waals surface area contributed by atoms with Crippen LogP contribution in [0.1, 0.15) is 58.8 Å². The third-order valence-electron chi connectivity index (χ3n) is 3.51. The van der Waals surface area contributed by atoms with Crippen LogP contribution in [0, 0.1) is 0 Å². The van der Waals surface area contributed by atoms with Crippen molar-refractivity contribution in [3.63, 3.8) is 0 Å². The molecule has 0 aliphatic heterocycles. The van der Waals surface area contributed by atoms with E-state index in [2.05, 4.69) is 18.7 Å². The number of carbonyl (C=O) groups is 1. The first kappa shape index (κ1) is 13.5. The molecule has 1 aliphatic rings. The zero-order valence-corrected chi connectivity index (χ0v) is 10.6. The average Bonchev–Trinajstić information content (AvgIpc) is 2.25. The molecule has 0 heterocycles. The molecule has 0 bridgehead atoms. The molecule has 0 amide bonds. The Hall–Kier alpha value is -0.570.